The number of alkyl halides is 3. The molecule has 0 fully saturated rings. The number of aliphatic carboxylic acids is 1. The number of nitrogens with zero attached hydrogens (tertiary/aromatic N) is 2. The predicted octanol–water partition coefficient (Wildman–Crippen LogP) is 4.56. The Kier molecular flexibility index (Phi) is 7.06. The number of nitrogens with two attached hydrogens (primary N) is 1. The first-order valence-corrected chi connectivity index (χ1v) is 9.45. The highest BCUT2D eigenvalue weighted by Crippen LogP contribution is 2.42. The third kappa shape index (κ3) is 5.22. The number of anilines is 1. The van der Waals surface area contributed by atoms with Crippen LogP contribution in [-0.4, -0.2) is 40.3 Å². The summed E-state index contributed by atoms with van der Waals surface area (Å²) in [7, 11) is 0. The zero-order valence-electron chi connectivity index (χ0n) is 16.6. The number of halogens is 3. The van der Waals surface area contributed by atoms with Gasteiger partial charge >= 0.3 is 12.1 Å². The largest absolute Gasteiger partial charge is 0.490 e. The number of rotatable bonds is 5. The number of hydrogen-bond acceptors (Lipinski definition) is 6. The van der Waals surface area contributed by atoms with Gasteiger partial charge in [0.1, 0.15) is 17.9 Å². The smallest absolute Gasteiger partial charge is 0.475 e. The Balaban J connectivity index is 0.000000360. The van der Waals surface area contributed by atoms with Crippen LogP contribution in [0, 0.1) is 0 Å². The second-order valence-corrected chi connectivity index (χ2v) is 6.46. The highest BCUT2D eigenvalue weighted by atomic mass is 19.4. The average Bonchev–Trinajstić information content (AvgIpc) is 3.19. The molecular formula is C22H19F3N4O3. The van der Waals surface area contributed by atoms with Crippen molar-refractivity contribution in [1.29, 1.82) is 0 Å². The van der Waals surface area contributed by atoms with E-state index >= 15 is 0 Å². The summed E-state index contributed by atoms with van der Waals surface area (Å²) in [5.74, 6) is -1.23. The van der Waals surface area contributed by atoms with Gasteiger partial charge in [0.25, 0.3) is 0 Å². The van der Waals surface area contributed by atoms with Crippen molar-refractivity contribution in [2.24, 2.45) is 5.73 Å². The number of furan rings is 1. The molecule has 0 amide bonds. The lowest BCUT2D eigenvalue weighted by atomic mass is 9.99. The molecule has 2 aromatic heterocycles. The van der Waals surface area contributed by atoms with Gasteiger partial charge in [-0.2, -0.15) is 13.2 Å². The van der Waals surface area contributed by atoms with E-state index in [2.05, 4.69) is 27.4 Å². The molecule has 10 heteroatoms. The Hall–Kier alpha value is -3.92. The van der Waals surface area contributed by atoms with E-state index in [1.54, 1.807) is 0 Å². The van der Waals surface area contributed by atoms with Crippen LogP contribution in [0.5, 0.6) is 0 Å². The number of carbonyl (C=O) groups is 1. The molecule has 2 heterocycles. The molecule has 4 aromatic rings. The lowest BCUT2D eigenvalue weighted by molar-refractivity contribution is -0.192. The molecule has 0 spiro atoms. The van der Waals surface area contributed by atoms with Crippen LogP contribution in [0.4, 0.5) is 19.0 Å². The van der Waals surface area contributed by atoms with Gasteiger partial charge in [-0.15, -0.1) is 0 Å². The van der Waals surface area contributed by atoms with E-state index in [0.29, 0.717) is 18.8 Å². The second kappa shape index (κ2) is 9.92. The third-order valence-corrected chi connectivity index (χ3v) is 4.27. The lowest BCUT2D eigenvalue weighted by Gasteiger charge is -2.07. The minimum absolute atomic E-state index is 0.523. The molecule has 32 heavy (non-hydrogen) atoms. The zero-order chi connectivity index (χ0) is 23.1. The fourth-order valence-electron chi connectivity index (χ4n) is 2.93. The van der Waals surface area contributed by atoms with Crippen molar-refractivity contribution in [3.05, 3.63) is 67.0 Å². The molecule has 0 aliphatic carbocycles. The van der Waals surface area contributed by atoms with Gasteiger partial charge in [-0.25, -0.2) is 14.8 Å². The second-order valence-electron chi connectivity index (χ2n) is 6.46. The Labute approximate surface area is 180 Å². The van der Waals surface area contributed by atoms with E-state index in [1.165, 1.54) is 6.33 Å². The number of carboxylic acid groups (broad SMARTS) is 1. The number of benzene rings is 2. The molecule has 166 valence electrons. The summed E-state index contributed by atoms with van der Waals surface area (Å²) >= 11 is 0. The van der Waals surface area contributed by atoms with Crippen LogP contribution >= 0.6 is 0 Å². The lowest BCUT2D eigenvalue weighted by Crippen LogP contribution is -2.21. The minimum atomic E-state index is -5.08. The maximum atomic E-state index is 10.6. The van der Waals surface area contributed by atoms with Gasteiger partial charge < -0.3 is 20.6 Å². The van der Waals surface area contributed by atoms with Crippen molar-refractivity contribution in [3.8, 4) is 22.5 Å². The van der Waals surface area contributed by atoms with Crippen molar-refractivity contribution in [3.63, 3.8) is 0 Å². The number of carboxylic acids is 1. The van der Waals surface area contributed by atoms with Gasteiger partial charge in [-0.05, 0) is 5.56 Å². The minimum Gasteiger partial charge on any atom is -0.475 e. The first-order valence-electron chi connectivity index (χ1n) is 9.45. The van der Waals surface area contributed by atoms with Crippen LogP contribution in [-0.2, 0) is 4.79 Å². The predicted molar refractivity (Wildman–Crippen MR) is 114 cm³/mol. The summed E-state index contributed by atoms with van der Waals surface area (Å²) in [5.41, 5.74) is 9.25. The van der Waals surface area contributed by atoms with Crippen LogP contribution in [0.25, 0.3) is 33.6 Å². The Morgan fingerprint density at radius 3 is 2.09 bits per heavy atom. The molecule has 0 saturated heterocycles. The highest BCUT2D eigenvalue weighted by molar-refractivity contribution is 6.05. The number of nitrogens with one attached hydrogen (secondary N) is 1. The van der Waals surface area contributed by atoms with Crippen molar-refractivity contribution in [2.75, 3.05) is 18.4 Å². The fraction of sp³-hybridized carbons (Fsp3) is 0.136. The van der Waals surface area contributed by atoms with E-state index in [9.17, 15) is 13.2 Å². The third-order valence-electron chi connectivity index (χ3n) is 4.27. The number of aromatic nitrogens is 2. The first kappa shape index (κ1) is 22.8. The molecule has 0 unspecified atom stereocenters. The molecule has 7 nitrogen and oxygen atoms in total. The fourth-order valence-corrected chi connectivity index (χ4v) is 2.93. The topological polar surface area (TPSA) is 114 Å². The van der Waals surface area contributed by atoms with E-state index in [0.717, 1.165) is 33.7 Å². The van der Waals surface area contributed by atoms with Crippen LogP contribution < -0.4 is 11.1 Å². The normalized spacial score (nSPS) is 11.0. The van der Waals surface area contributed by atoms with E-state index in [1.807, 2.05) is 48.5 Å². The maximum absolute atomic E-state index is 10.6. The average molecular weight is 444 g/mol. The maximum Gasteiger partial charge on any atom is 0.490 e. The summed E-state index contributed by atoms with van der Waals surface area (Å²) in [5, 5.41) is 11.3. The molecule has 4 rings (SSSR count). The van der Waals surface area contributed by atoms with E-state index in [-0.39, 0.29) is 0 Å². The van der Waals surface area contributed by atoms with Crippen LogP contribution in [0.15, 0.2) is 71.4 Å². The van der Waals surface area contributed by atoms with Gasteiger partial charge in [0.15, 0.2) is 0 Å². The van der Waals surface area contributed by atoms with Gasteiger partial charge in [0.2, 0.25) is 5.71 Å². The summed E-state index contributed by atoms with van der Waals surface area (Å²) < 4.78 is 37.9. The monoisotopic (exact) mass is 444 g/mol. The standard InChI is InChI=1S/C20H18N4O.C2HF3O2/c21-11-12-22-19-17-16(14-7-3-1-4-8-14)18(15-9-5-2-6-10-15)25-20(17)24-13-23-19;3-2(4,5)1(6)7/h1-10,13H,11-12,21H2,(H,22,23,24);(H,6,7). The van der Waals surface area contributed by atoms with E-state index in [4.69, 9.17) is 20.1 Å². The summed E-state index contributed by atoms with van der Waals surface area (Å²) in [6.45, 7) is 1.15. The van der Waals surface area contributed by atoms with Crippen molar-refractivity contribution >= 4 is 22.9 Å². The molecule has 0 aliphatic heterocycles. The Morgan fingerprint density at radius 1 is 1.00 bits per heavy atom. The van der Waals surface area contributed by atoms with Gasteiger partial charge in [0.05, 0.1) is 5.39 Å². The van der Waals surface area contributed by atoms with Crippen molar-refractivity contribution in [1.82, 2.24) is 9.97 Å². The zero-order valence-corrected chi connectivity index (χ0v) is 16.6. The van der Waals surface area contributed by atoms with Crippen LogP contribution in [0.2, 0.25) is 0 Å². The Morgan fingerprint density at radius 2 is 1.56 bits per heavy atom. The quantitative estimate of drug-likeness (QED) is 0.413. The molecule has 2 aromatic carbocycles. The van der Waals surface area contributed by atoms with Gasteiger partial charge in [-0.1, -0.05) is 60.7 Å². The van der Waals surface area contributed by atoms with Crippen LogP contribution in [0.3, 0.4) is 0 Å². The molecule has 0 aliphatic rings. The van der Waals surface area contributed by atoms with E-state index < -0.39 is 12.1 Å². The Bertz CT molecular complexity index is 1180. The molecule has 0 radical (unpaired) electrons. The van der Waals surface area contributed by atoms with Gasteiger partial charge in [0, 0.05) is 24.2 Å². The van der Waals surface area contributed by atoms with Crippen molar-refractivity contribution < 1.29 is 27.5 Å². The molecule has 4 N–H and O–H groups in total. The highest BCUT2D eigenvalue weighted by Gasteiger charge is 2.38. The van der Waals surface area contributed by atoms with Crippen LogP contribution in [0.1, 0.15) is 0 Å². The molecular weight excluding hydrogens is 425 g/mol. The summed E-state index contributed by atoms with van der Waals surface area (Å²) in [6.07, 6.45) is -3.58. The molecule has 0 saturated carbocycles. The number of fused-ring (bicyclic) bond motifs is 1. The summed E-state index contributed by atoms with van der Waals surface area (Å²) in [6, 6.07) is 20.2. The first-order chi connectivity index (χ1) is 15.3. The summed E-state index contributed by atoms with van der Waals surface area (Å²) in [4.78, 5) is 17.6. The molecule has 0 bridgehead atoms. The SMILES string of the molecule is NCCNc1ncnc2oc(-c3ccccc3)c(-c3ccccc3)c12.O=C(O)C(F)(F)F. The van der Waals surface area contributed by atoms with Gasteiger partial charge in [-0.3, -0.25) is 0 Å². The molecule has 0 atom stereocenters. The number of hydrogen-bond donors (Lipinski definition) is 3. The van der Waals surface area contributed by atoms with Crippen molar-refractivity contribution in [2.45, 2.75) is 6.18 Å².